The summed E-state index contributed by atoms with van der Waals surface area (Å²) < 4.78 is 0. The lowest BCUT2D eigenvalue weighted by molar-refractivity contribution is -0.115. The number of nitrogens with two attached hydrogens (primary N) is 1. The fraction of sp³-hybridized carbons (Fsp3) is 0.440. The maximum atomic E-state index is 13.1. The van der Waals surface area contributed by atoms with Gasteiger partial charge in [-0.1, -0.05) is 37.3 Å². The molecule has 0 aromatic heterocycles. The van der Waals surface area contributed by atoms with Gasteiger partial charge in [0.25, 0.3) is 5.91 Å². The van der Waals surface area contributed by atoms with E-state index in [0.29, 0.717) is 29.4 Å². The van der Waals surface area contributed by atoms with E-state index in [1.807, 2.05) is 24.0 Å². The number of likely N-dealkylation sites (N-methyl/N-ethyl adjacent to an activating group) is 1. The van der Waals surface area contributed by atoms with E-state index in [4.69, 9.17) is 5.73 Å². The molecule has 1 fully saturated rings. The highest BCUT2D eigenvalue weighted by molar-refractivity contribution is 5.99. The molecule has 3 N–H and O–H groups in total. The highest BCUT2D eigenvalue weighted by Gasteiger charge is 2.26. The monoisotopic (exact) mass is 422 g/mol. The van der Waals surface area contributed by atoms with Crippen LogP contribution in [0.5, 0.6) is 0 Å². The Morgan fingerprint density at radius 3 is 2.45 bits per heavy atom. The molecule has 2 amide bonds. The number of amides is 2. The van der Waals surface area contributed by atoms with Crippen LogP contribution < -0.4 is 11.1 Å². The van der Waals surface area contributed by atoms with E-state index < -0.39 is 0 Å². The number of carbonyl (C=O) groups is 2. The molecule has 6 nitrogen and oxygen atoms in total. The maximum Gasteiger partial charge on any atom is 0.253 e. The number of aryl methyl sites for hydroxylation is 1. The Morgan fingerprint density at radius 2 is 1.84 bits per heavy atom. The van der Waals surface area contributed by atoms with E-state index in [2.05, 4.69) is 41.5 Å². The van der Waals surface area contributed by atoms with Crippen molar-refractivity contribution in [1.29, 1.82) is 0 Å². The number of anilines is 2. The Morgan fingerprint density at radius 1 is 1.16 bits per heavy atom. The van der Waals surface area contributed by atoms with Crippen LogP contribution in [-0.2, 0) is 11.2 Å². The van der Waals surface area contributed by atoms with E-state index in [1.54, 1.807) is 13.0 Å². The molecule has 1 aliphatic heterocycles. The van der Waals surface area contributed by atoms with Gasteiger partial charge in [0.2, 0.25) is 5.91 Å². The standard InChI is InChI=1S/C25H34N4O2/c1-4-23(30)27-24-18(2)16-20(17-22(24)26)25(31)29-14-11-21(12-15-29)28(3)13-10-19-8-6-5-7-9-19/h5-9,16-17,21H,4,10-15,26H2,1-3H3,(H,27,30). The van der Waals surface area contributed by atoms with Crippen molar-refractivity contribution in [2.24, 2.45) is 0 Å². The predicted molar refractivity (Wildman–Crippen MR) is 126 cm³/mol. The van der Waals surface area contributed by atoms with Crippen molar-refractivity contribution in [3.8, 4) is 0 Å². The lowest BCUT2D eigenvalue weighted by atomic mass is 10.0. The van der Waals surface area contributed by atoms with Crippen molar-refractivity contribution < 1.29 is 9.59 Å². The van der Waals surface area contributed by atoms with E-state index in [9.17, 15) is 9.59 Å². The average molecular weight is 423 g/mol. The highest BCUT2D eigenvalue weighted by Crippen LogP contribution is 2.27. The summed E-state index contributed by atoms with van der Waals surface area (Å²) >= 11 is 0. The number of benzene rings is 2. The normalized spacial score (nSPS) is 14.6. The predicted octanol–water partition coefficient (Wildman–Crippen LogP) is 3.70. The number of hydrogen-bond donors (Lipinski definition) is 2. The number of nitrogens with one attached hydrogen (secondary N) is 1. The number of likely N-dealkylation sites (tertiary alicyclic amines) is 1. The van der Waals surface area contributed by atoms with E-state index in [-0.39, 0.29) is 11.8 Å². The Bertz CT molecular complexity index is 882. The van der Waals surface area contributed by atoms with Crippen LogP contribution in [0.15, 0.2) is 42.5 Å². The van der Waals surface area contributed by atoms with E-state index in [1.165, 1.54) is 5.56 Å². The highest BCUT2D eigenvalue weighted by atomic mass is 16.2. The Labute approximate surface area is 185 Å². The number of rotatable bonds is 7. The fourth-order valence-electron chi connectivity index (χ4n) is 4.16. The summed E-state index contributed by atoms with van der Waals surface area (Å²) in [5.74, 6) is -0.0825. The fourth-order valence-corrected chi connectivity index (χ4v) is 4.16. The molecule has 1 heterocycles. The molecular formula is C25H34N4O2. The SMILES string of the molecule is CCC(=O)Nc1c(C)cc(C(=O)N2CCC(N(C)CCc3ccccc3)CC2)cc1N. The van der Waals surface area contributed by atoms with Gasteiger partial charge in [-0.3, -0.25) is 9.59 Å². The van der Waals surface area contributed by atoms with Crippen LogP contribution in [0.1, 0.15) is 47.7 Å². The molecule has 166 valence electrons. The van der Waals surface area contributed by atoms with Gasteiger partial charge in [0, 0.05) is 37.7 Å². The number of nitrogens with zero attached hydrogens (tertiary/aromatic N) is 2. The summed E-state index contributed by atoms with van der Waals surface area (Å²) in [5.41, 5.74) is 9.92. The third kappa shape index (κ3) is 5.85. The van der Waals surface area contributed by atoms with Crippen LogP contribution in [0.3, 0.4) is 0 Å². The Balaban J connectivity index is 1.55. The van der Waals surface area contributed by atoms with Crippen molar-refractivity contribution in [3.05, 3.63) is 59.2 Å². The molecule has 31 heavy (non-hydrogen) atoms. The second-order valence-electron chi connectivity index (χ2n) is 8.40. The van der Waals surface area contributed by atoms with Gasteiger partial charge in [0.05, 0.1) is 11.4 Å². The van der Waals surface area contributed by atoms with Crippen molar-refractivity contribution in [2.75, 3.05) is 37.7 Å². The van der Waals surface area contributed by atoms with Crippen molar-refractivity contribution in [2.45, 2.75) is 45.6 Å². The molecule has 1 aliphatic rings. The molecule has 2 aromatic carbocycles. The van der Waals surface area contributed by atoms with Crippen LogP contribution in [0.25, 0.3) is 0 Å². The van der Waals surface area contributed by atoms with Crippen LogP contribution in [0.2, 0.25) is 0 Å². The number of nitrogen functional groups attached to an aromatic ring is 1. The zero-order valence-corrected chi connectivity index (χ0v) is 18.9. The van der Waals surface area contributed by atoms with Crippen LogP contribution in [0, 0.1) is 6.92 Å². The third-order valence-electron chi connectivity index (χ3n) is 6.17. The lowest BCUT2D eigenvalue weighted by Gasteiger charge is -2.37. The molecule has 0 spiro atoms. The summed E-state index contributed by atoms with van der Waals surface area (Å²) in [6.07, 6.45) is 3.36. The second-order valence-corrected chi connectivity index (χ2v) is 8.40. The van der Waals surface area contributed by atoms with E-state index >= 15 is 0 Å². The minimum Gasteiger partial charge on any atom is -0.397 e. The molecule has 3 rings (SSSR count). The summed E-state index contributed by atoms with van der Waals surface area (Å²) in [6, 6.07) is 14.5. The molecule has 0 atom stereocenters. The summed E-state index contributed by atoms with van der Waals surface area (Å²) in [6.45, 7) is 6.16. The molecule has 0 radical (unpaired) electrons. The molecule has 0 saturated carbocycles. The minimum absolute atomic E-state index is 0.00792. The van der Waals surface area contributed by atoms with Crippen LogP contribution >= 0.6 is 0 Å². The van der Waals surface area contributed by atoms with Crippen LogP contribution in [-0.4, -0.2) is 54.3 Å². The quantitative estimate of drug-likeness (QED) is 0.667. The van der Waals surface area contributed by atoms with Gasteiger partial charge in [-0.15, -0.1) is 0 Å². The van der Waals surface area contributed by atoms with Crippen molar-refractivity contribution in [3.63, 3.8) is 0 Å². The Kier molecular flexibility index (Phi) is 7.69. The van der Waals surface area contributed by atoms with Gasteiger partial charge in [-0.2, -0.15) is 0 Å². The largest absolute Gasteiger partial charge is 0.397 e. The first-order chi connectivity index (χ1) is 14.9. The van der Waals surface area contributed by atoms with Gasteiger partial charge in [-0.25, -0.2) is 0 Å². The summed E-state index contributed by atoms with van der Waals surface area (Å²) in [7, 11) is 2.18. The molecule has 0 bridgehead atoms. The summed E-state index contributed by atoms with van der Waals surface area (Å²) in [4.78, 5) is 29.1. The molecule has 1 saturated heterocycles. The zero-order chi connectivity index (χ0) is 22.4. The second kappa shape index (κ2) is 10.4. The first-order valence-corrected chi connectivity index (χ1v) is 11.1. The maximum absolute atomic E-state index is 13.1. The number of carbonyl (C=O) groups excluding carboxylic acids is 2. The first-order valence-electron chi connectivity index (χ1n) is 11.1. The Hall–Kier alpha value is -2.86. The number of hydrogen-bond acceptors (Lipinski definition) is 4. The minimum atomic E-state index is -0.0904. The average Bonchev–Trinajstić information content (AvgIpc) is 2.79. The van der Waals surface area contributed by atoms with Crippen molar-refractivity contribution >= 4 is 23.2 Å². The molecule has 6 heteroatoms. The lowest BCUT2D eigenvalue weighted by Crippen LogP contribution is -2.46. The summed E-state index contributed by atoms with van der Waals surface area (Å²) in [5, 5.41) is 2.82. The third-order valence-corrected chi connectivity index (χ3v) is 6.17. The molecular weight excluding hydrogens is 388 g/mol. The van der Waals surface area contributed by atoms with Gasteiger partial charge in [0.1, 0.15) is 0 Å². The van der Waals surface area contributed by atoms with Gasteiger partial charge >= 0.3 is 0 Å². The topological polar surface area (TPSA) is 78.7 Å². The molecule has 0 aliphatic carbocycles. The van der Waals surface area contributed by atoms with E-state index in [0.717, 1.165) is 44.5 Å². The number of piperidine rings is 1. The first kappa shape index (κ1) is 22.8. The van der Waals surface area contributed by atoms with Gasteiger partial charge in [-0.05, 0) is 56.5 Å². The zero-order valence-electron chi connectivity index (χ0n) is 18.9. The molecule has 2 aromatic rings. The van der Waals surface area contributed by atoms with Crippen LogP contribution in [0.4, 0.5) is 11.4 Å². The van der Waals surface area contributed by atoms with Gasteiger partial charge in [0.15, 0.2) is 0 Å². The van der Waals surface area contributed by atoms with Crippen molar-refractivity contribution in [1.82, 2.24) is 9.80 Å². The van der Waals surface area contributed by atoms with Gasteiger partial charge < -0.3 is 20.9 Å². The molecule has 0 unspecified atom stereocenters. The smallest absolute Gasteiger partial charge is 0.253 e.